The van der Waals surface area contributed by atoms with Crippen molar-refractivity contribution < 1.29 is 0 Å². The number of hydrogen-bond donors (Lipinski definition) is 0. The van der Waals surface area contributed by atoms with Crippen LogP contribution >= 0.6 is 0 Å². The van der Waals surface area contributed by atoms with Gasteiger partial charge >= 0.3 is 0 Å². The van der Waals surface area contributed by atoms with E-state index in [1.54, 1.807) is 0 Å². The summed E-state index contributed by atoms with van der Waals surface area (Å²) in [5, 5.41) is 0. The predicted octanol–water partition coefficient (Wildman–Crippen LogP) is 11.1. The van der Waals surface area contributed by atoms with Gasteiger partial charge in [0.15, 0.2) is 0 Å². The Balaban J connectivity index is -0.000000189. The molecule has 0 saturated heterocycles. The quantitative estimate of drug-likeness (QED) is 0.152. The van der Waals surface area contributed by atoms with E-state index < -0.39 is 89.2 Å². The van der Waals surface area contributed by atoms with Crippen molar-refractivity contribution in [2.75, 3.05) is 0 Å². The topological polar surface area (TPSA) is 0 Å². The van der Waals surface area contributed by atoms with Gasteiger partial charge in [0, 0.05) is 188 Å². The fourth-order valence-electron chi connectivity index (χ4n) is 13.2. The molecule has 0 aromatic carbocycles. The standard InChI is InChI=1S/2C16H48Si8.2Ge.2Se/c2*1-19(2,3)17(20(4,5)6)23(13,14)24(15,16)18(21(7,8)9)22(10,11)12;;;;/h2*1-16H3;;;;. The predicted molar refractivity (Wildman–Crippen MR) is 303 cm³/mol. The van der Waals surface area contributed by atoms with Crippen molar-refractivity contribution in [2.45, 2.75) is 210 Å². The summed E-state index contributed by atoms with van der Waals surface area (Å²) in [4.78, 5) is 0. The third-order valence-electron chi connectivity index (χ3n) is 11.6. The molecule has 0 aliphatic heterocycles. The Morgan fingerprint density at radius 3 is 0.269 bits per heavy atom. The largest absolute Gasteiger partial charge is 0.0739 e. The van der Waals surface area contributed by atoms with Crippen LogP contribution in [0.25, 0.3) is 0 Å². The van der Waals surface area contributed by atoms with Gasteiger partial charge < -0.3 is 0 Å². The summed E-state index contributed by atoms with van der Waals surface area (Å²) in [5.41, 5.74) is 0. The maximum Gasteiger partial charge on any atom is 0.0303 e. The fourth-order valence-corrected chi connectivity index (χ4v) is 547. The first kappa shape index (κ1) is 69.3. The summed E-state index contributed by atoms with van der Waals surface area (Å²) in [6, 6.07) is 0. The Morgan fingerprint density at radius 2 is 0.231 bits per heavy atom. The Hall–Kier alpha value is 5.59. The first-order valence-corrected chi connectivity index (χ1v) is 79.5. The summed E-state index contributed by atoms with van der Waals surface area (Å²) in [6.45, 7) is 89.3. The average Bonchev–Trinajstić information content (AvgIpc) is 2.55. The summed E-state index contributed by atoms with van der Waals surface area (Å²) < 4.78 is 0. The third-order valence-corrected chi connectivity index (χ3v) is 312. The van der Waals surface area contributed by atoms with E-state index in [-0.39, 0.29) is 98.7 Å². The van der Waals surface area contributed by atoms with Crippen LogP contribution in [0, 0.1) is 0 Å². The van der Waals surface area contributed by atoms with Crippen LogP contribution in [-0.4, -0.2) is 188 Å². The molecule has 52 heavy (non-hydrogen) atoms. The molecule has 0 atom stereocenters. The first-order chi connectivity index (χ1) is 20.0. The number of rotatable bonds is 14. The molecule has 0 aromatic rings. The SMILES string of the molecule is C[Si](C)(C)[Si]([Si](C)(C)C)[Si](C)(C)[Si](C)(C)[Si]([Si](C)(C)C)[Si](C)(C)C.C[Si](C)(C)[Si]([Si](C)(C)C)[Si](C)(C)[Si](C)(C)[Si]([Si](C)(C)C)[Si](C)(C)C.[Ge].[Ge].[Se].[Se]. The molecule has 0 amide bonds. The van der Waals surface area contributed by atoms with Gasteiger partial charge in [-0.25, -0.2) is 0 Å². The molecule has 16 radical (unpaired) electrons. The third kappa shape index (κ3) is 18.1. The van der Waals surface area contributed by atoms with Gasteiger partial charge in [-0.2, -0.15) is 0 Å². The molecule has 0 aromatic heterocycles. The summed E-state index contributed by atoms with van der Waals surface area (Å²) in [6.07, 6.45) is 0. The van der Waals surface area contributed by atoms with Crippen molar-refractivity contribution in [1.29, 1.82) is 0 Å². The molecular formula is C32H96Ge2Se2Si16. The van der Waals surface area contributed by atoms with Crippen LogP contribution in [0.4, 0.5) is 0 Å². The minimum absolute atomic E-state index is 0. The van der Waals surface area contributed by atoms with E-state index >= 15 is 0 Å². The van der Waals surface area contributed by atoms with Crippen molar-refractivity contribution in [3.05, 3.63) is 0 Å². The molecule has 308 valence electrons. The van der Waals surface area contributed by atoms with Gasteiger partial charge in [-0.15, -0.1) is 0 Å². The van der Waals surface area contributed by atoms with E-state index in [1.165, 1.54) is 0 Å². The molecule has 20 heteroatoms. The molecule has 0 saturated carbocycles. The number of hydrogen-bond acceptors (Lipinski definition) is 0. The van der Waals surface area contributed by atoms with Crippen molar-refractivity contribution in [3.63, 3.8) is 0 Å². The smallest absolute Gasteiger partial charge is 0.0303 e. The van der Waals surface area contributed by atoms with Crippen LogP contribution in [0.5, 0.6) is 0 Å². The first-order valence-electron chi connectivity index (χ1n) is 19.5. The van der Waals surface area contributed by atoms with Crippen LogP contribution in [0.3, 0.4) is 0 Å². The maximum atomic E-state index is 2.93. The zero-order chi connectivity index (χ0) is 40.3. The van der Waals surface area contributed by atoms with Crippen molar-refractivity contribution in [1.82, 2.24) is 0 Å². The Morgan fingerprint density at radius 1 is 0.173 bits per heavy atom. The molecule has 0 aliphatic rings. The second kappa shape index (κ2) is 21.8. The Bertz CT molecular complexity index is 826. The molecule has 0 aliphatic carbocycles. The minimum Gasteiger partial charge on any atom is -0.0739 e. The normalized spacial score (nSPS) is 15.0. The van der Waals surface area contributed by atoms with Crippen molar-refractivity contribution >= 4 is 188 Å². The van der Waals surface area contributed by atoms with Gasteiger partial charge in [-0.05, 0) is 0 Å². The molecule has 0 fully saturated rings. The molecule has 0 bridgehead atoms. The Labute approximate surface area is 392 Å². The summed E-state index contributed by atoms with van der Waals surface area (Å²) in [5.74, 6) is 0. The fraction of sp³-hybridized carbons (Fsp3) is 1.00. The summed E-state index contributed by atoms with van der Waals surface area (Å²) >= 11 is 0. The van der Waals surface area contributed by atoms with Crippen LogP contribution in [0.1, 0.15) is 0 Å². The molecule has 0 nitrogen and oxygen atoms in total. The van der Waals surface area contributed by atoms with Crippen molar-refractivity contribution in [2.24, 2.45) is 0 Å². The zero-order valence-electron chi connectivity index (χ0n) is 41.8. The molecule has 0 heterocycles. The second-order valence-electron chi connectivity index (χ2n) is 26.0. The molecule has 0 rings (SSSR count). The van der Waals surface area contributed by atoms with Crippen LogP contribution in [0.15, 0.2) is 0 Å². The van der Waals surface area contributed by atoms with Gasteiger partial charge in [-0.1, -0.05) is 210 Å². The molecule has 0 unspecified atom stereocenters. The molecule has 0 N–H and O–H groups in total. The van der Waals surface area contributed by atoms with Gasteiger partial charge in [0.2, 0.25) is 0 Å². The van der Waals surface area contributed by atoms with Gasteiger partial charge in [-0.3, -0.25) is 0 Å². The second-order valence-corrected chi connectivity index (χ2v) is 186. The van der Waals surface area contributed by atoms with E-state index in [1.807, 2.05) is 0 Å². The molecule has 0 spiro atoms. The maximum absolute atomic E-state index is 2.93. The van der Waals surface area contributed by atoms with E-state index in [0.29, 0.717) is 0 Å². The van der Waals surface area contributed by atoms with Gasteiger partial charge in [0.1, 0.15) is 0 Å². The van der Waals surface area contributed by atoms with E-state index in [0.717, 1.165) is 0 Å². The minimum atomic E-state index is -1.13. The average molecular weight is 1230 g/mol. The van der Waals surface area contributed by atoms with Crippen LogP contribution < -0.4 is 0 Å². The van der Waals surface area contributed by atoms with E-state index in [4.69, 9.17) is 0 Å². The monoisotopic (exact) mass is 1240 g/mol. The van der Waals surface area contributed by atoms with E-state index in [2.05, 4.69) is 210 Å². The zero-order valence-corrected chi connectivity index (χ0v) is 65.4. The van der Waals surface area contributed by atoms with Gasteiger partial charge in [0.05, 0.1) is 0 Å². The summed E-state index contributed by atoms with van der Waals surface area (Å²) in [7, 11) is -13.2. The van der Waals surface area contributed by atoms with Crippen LogP contribution in [0.2, 0.25) is 210 Å². The van der Waals surface area contributed by atoms with E-state index in [9.17, 15) is 0 Å². The van der Waals surface area contributed by atoms with Crippen LogP contribution in [-0.2, 0) is 0 Å². The van der Waals surface area contributed by atoms with Crippen molar-refractivity contribution in [3.8, 4) is 0 Å². The molecular weight excluding hydrogens is 1140 g/mol. The van der Waals surface area contributed by atoms with Gasteiger partial charge in [0.25, 0.3) is 0 Å². The Kier molecular flexibility index (Phi) is 29.0.